The van der Waals surface area contributed by atoms with E-state index in [1.165, 1.54) is 19.4 Å². The second-order valence-corrected chi connectivity index (χ2v) is 5.03. The van der Waals surface area contributed by atoms with Crippen molar-refractivity contribution in [2.45, 2.75) is 0 Å². The molecule has 2 amide bonds. The Morgan fingerprint density at radius 3 is 2.48 bits per heavy atom. The summed E-state index contributed by atoms with van der Waals surface area (Å²) in [6.07, 6.45) is 2.96. The molecule has 0 fully saturated rings. The fraction of sp³-hybridized carbons (Fsp3) is 0.0667. The van der Waals surface area contributed by atoms with Crippen LogP contribution >= 0.6 is 15.9 Å². The summed E-state index contributed by atoms with van der Waals surface area (Å²) < 4.78 is 6.02. The standard InChI is InChI=1S/C15H13BrN2O3/c1-17-15(20)13(9-12-3-2-8-21-12)18-14(19)10-4-6-11(16)7-5-10/h2-9H,1H3,(H,17,20)(H,18,19)/b13-9-. The van der Waals surface area contributed by atoms with Gasteiger partial charge in [0.2, 0.25) is 0 Å². The molecule has 2 aromatic rings. The van der Waals surface area contributed by atoms with Gasteiger partial charge in [0.1, 0.15) is 11.5 Å². The van der Waals surface area contributed by atoms with Gasteiger partial charge < -0.3 is 15.1 Å². The van der Waals surface area contributed by atoms with E-state index in [0.29, 0.717) is 11.3 Å². The maximum atomic E-state index is 12.1. The van der Waals surface area contributed by atoms with Crippen LogP contribution in [0.1, 0.15) is 16.1 Å². The number of carbonyl (C=O) groups is 2. The van der Waals surface area contributed by atoms with Gasteiger partial charge in [-0.25, -0.2) is 0 Å². The van der Waals surface area contributed by atoms with Gasteiger partial charge in [0.15, 0.2) is 0 Å². The number of amides is 2. The van der Waals surface area contributed by atoms with Gasteiger partial charge in [-0.15, -0.1) is 0 Å². The molecule has 1 heterocycles. The Morgan fingerprint density at radius 1 is 1.19 bits per heavy atom. The highest BCUT2D eigenvalue weighted by Crippen LogP contribution is 2.11. The second kappa shape index (κ2) is 6.90. The van der Waals surface area contributed by atoms with Crippen LogP contribution in [0.5, 0.6) is 0 Å². The van der Waals surface area contributed by atoms with Crippen LogP contribution in [-0.4, -0.2) is 18.9 Å². The van der Waals surface area contributed by atoms with E-state index >= 15 is 0 Å². The van der Waals surface area contributed by atoms with E-state index in [1.807, 2.05) is 0 Å². The number of benzene rings is 1. The van der Waals surface area contributed by atoms with Gasteiger partial charge in [-0.05, 0) is 36.4 Å². The molecule has 0 bridgehead atoms. The molecule has 0 saturated heterocycles. The monoisotopic (exact) mass is 348 g/mol. The second-order valence-electron chi connectivity index (χ2n) is 4.11. The molecule has 0 aliphatic carbocycles. The van der Waals surface area contributed by atoms with Crippen molar-refractivity contribution in [3.63, 3.8) is 0 Å². The van der Waals surface area contributed by atoms with Crippen molar-refractivity contribution < 1.29 is 14.0 Å². The average Bonchev–Trinajstić information content (AvgIpc) is 2.99. The number of furan rings is 1. The zero-order valence-corrected chi connectivity index (χ0v) is 12.8. The first-order chi connectivity index (χ1) is 10.1. The summed E-state index contributed by atoms with van der Waals surface area (Å²) in [5, 5.41) is 5.05. The molecule has 0 saturated carbocycles. The first kappa shape index (κ1) is 15.1. The summed E-state index contributed by atoms with van der Waals surface area (Å²) >= 11 is 3.30. The first-order valence-electron chi connectivity index (χ1n) is 6.14. The van der Waals surface area contributed by atoms with E-state index in [0.717, 1.165) is 4.47 Å². The number of carbonyl (C=O) groups excluding carboxylic acids is 2. The van der Waals surface area contributed by atoms with Crippen LogP contribution in [0.15, 0.2) is 57.2 Å². The molecule has 0 aliphatic heterocycles. The minimum atomic E-state index is -0.406. The van der Waals surface area contributed by atoms with Gasteiger partial charge in [0, 0.05) is 23.2 Å². The van der Waals surface area contributed by atoms with Crippen molar-refractivity contribution in [2.75, 3.05) is 7.05 Å². The predicted molar refractivity (Wildman–Crippen MR) is 82.4 cm³/mol. The summed E-state index contributed by atoms with van der Waals surface area (Å²) in [5.41, 5.74) is 0.563. The van der Waals surface area contributed by atoms with Crippen molar-refractivity contribution >= 4 is 33.8 Å². The quantitative estimate of drug-likeness (QED) is 0.834. The lowest BCUT2D eigenvalue weighted by Gasteiger charge is -2.08. The number of hydrogen-bond donors (Lipinski definition) is 2. The van der Waals surface area contributed by atoms with Gasteiger partial charge in [0.05, 0.1) is 6.26 Å². The van der Waals surface area contributed by atoms with Crippen LogP contribution in [-0.2, 0) is 4.79 Å². The molecule has 2 N–H and O–H groups in total. The number of likely N-dealkylation sites (N-methyl/N-ethyl adjacent to an activating group) is 1. The van der Waals surface area contributed by atoms with Crippen molar-refractivity contribution in [1.82, 2.24) is 10.6 Å². The minimum absolute atomic E-state index is 0.111. The SMILES string of the molecule is CNC(=O)/C(=C/c1ccco1)NC(=O)c1ccc(Br)cc1. The zero-order chi connectivity index (χ0) is 15.2. The van der Waals surface area contributed by atoms with E-state index in [4.69, 9.17) is 4.42 Å². The largest absolute Gasteiger partial charge is 0.465 e. The van der Waals surface area contributed by atoms with Gasteiger partial charge in [-0.1, -0.05) is 15.9 Å². The Hall–Kier alpha value is -2.34. The number of halogens is 1. The molecule has 5 nitrogen and oxygen atoms in total. The fourth-order valence-electron chi connectivity index (χ4n) is 1.60. The third-order valence-corrected chi connectivity index (χ3v) is 3.18. The summed E-state index contributed by atoms with van der Waals surface area (Å²) in [7, 11) is 1.49. The molecule has 2 rings (SSSR count). The average molecular weight is 349 g/mol. The van der Waals surface area contributed by atoms with E-state index in [2.05, 4.69) is 26.6 Å². The molecule has 0 spiro atoms. The van der Waals surface area contributed by atoms with E-state index in [-0.39, 0.29) is 11.6 Å². The number of hydrogen-bond acceptors (Lipinski definition) is 3. The van der Waals surface area contributed by atoms with Crippen molar-refractivity contribution in [3.8, 4) is 0 Å². The Bertz CT molecular complexity index is 661. The Morgan fingerprint density at radius 2 is 1.90 bits per heavy atom. The molecule has 1 aromatic carbocycles. The van der Waals surface area contributed by atoms with Gasteiger partial charge in [-0.2, -0.15) is 0 Å². The fourth-order valence-corrected chi connectivity index (χ4v) is 1.87. The summed E-state index contributed by atoms with van der Waals surface area (Å²) in [6, 6.07) is 10.2. The number of rotatable bonds is 4. The molecule has 6 heteroatoms. The third-order valence-electron chi connectivity index (χ3n) is 2.66. The van der Waals surface area contributed by atoms with Crippen LogP contribution in [0.4, 0.5) is 0 Å². The Balaban J connectivity index is 2.21. The highest BCUT2D eigenvalue weighted by Gasteiger charge is 2.13. The van der Waals surface area contributed by atoms with Gasteiger partial charge in [0.25, 0.3) is 11.8 Å². The van der Waals surface area contributed by atoms with E-state index in [1.54, 1.807) is 36.4 Å². The molecular formula is C15H13BrN2O3. The van der Waals surface area contributed by atoms with Crippen LogP contribution in [0, 0.1) is 0 Å². The lowest BCUT2D eigenvalue weighted by Crippen LogP contribution is -2.33. The molecule has 0 radical (unpaired) electrons. The lowest BCUT2D eigenvalue weighted by molar-refractivity contribution is -0.117. The molecule has 21 heavy (non-hydrogen) atoms. The van der Waals surface area contributed by atoms with Crippen LogP contribution in [0.2, 0.25) is 0 Å². The van der Waals surface area contributed by atoms with Crippen LogP contribution < -0.4 is 10.6 Å². The molecule has 0 atom stereocenters. The molecule has 108 valence electrons. The maximum Gasteiger partial charge on any atom is 0.267 e. The lowest BCUT2D eigenvalue weighted by atomic mass is 10.2. The van der Waals surface area contributed by atoms with Gasteiger partial charge >= 0.3 is 0 Å². The summed E-state index contributed by atoms with van der Waals surface area (Å²) in [6.45, 7) is 0. The number of nitrogens with one attached hydrogen (secondary N) is 2. The van der Waals surface area contributed by atoms with E-state index in [9.17, 15) is 9.59 Å². The molecule has 0 aliphatic rings. The van der Waals surface area contributed by atoms with Crippen LogP contribution in [0.25, 0.3) is 6.08 Å². The smallest absolute Gasteiger partial charge is 0.267 e. The van der Waals surface area contributed by atoms with Crippen LogP contribution in [0.3, 0.4) is 0 Å². The van der Waals surface area contributed by atoms with Crippen molar-refractivity contribution in [2.24, 2.45) is 0 Å². The maximum absolute atomic E-state index is 12.1. The summed E-state index contributed by atoms with van der Waals surface area (Å²) in [4.78, 5) is 24.0. The first-order valence-corrected chi connectivity index (χ1v) is 6.93. The Kier molecular flexibility index (Phi) is 4.94. The molecule has 0 unspecified atom stereocenters. The minimum Gasteiger partial charge on any atom is -0.465 e. The molecule has 1 aromatic heterocycles. The van der Waals surface area contributed by atoms with E-state index < -0.39 is 5.91 Å². The molecular weight excluding hydrogens is 336 g/mol. The topological polar surface area (TPSA) is 71.3 Å². The highest BCUT2D eigenvalue weighted by molar-refractivity contribution is 9.10. The Labute approximate surface area is 130 Å². The summed E-state index contributed by atoms with van der Waals surface area (Å²) in [5.74, 6) is -0.300. The zero-order valence-electron chi connectivity index (χ0n) is 11.2. The van der Waals surface area contributed by atoms with Gasteiger partial charge in [-0.3, -0.25) is 9.59 Å². The third kappa shape index (κ3) is 4.06. The highest BCUT2D eigenvalue weighted by atomic mass is 79.9. The van der Waals surface area contributed by atoms with Crippen molar-refractivity contribution in [1.29, 1.82) is 0 Å². The van der Waals surface area contributed by atoms with Crippen molar-refractivity contribution in [3.05, 3.63) is 64.2 Å². The predicted octanol–water partition coefficient (Wildman–Crippen LogP) is 2.56. The normalized spacial score (nSPS) is 11.0.